The number of fused-ring (bicyclic) bond motifs is 1. The number of nitrogens with two attached hydrogens (primary N) is 1. The van der Waals surface area contributed by atoms with E-state index < -0.39 is 6.04 Å². The van der Waals surface area contributed by atoms with Crippen LogP contribution in [0.4, 0.5) is 0 Å². The van der Waals surface area contributed by atoms with E-state index in [1.54, 1.807) is 0 Å². The Kier molecular flexibility index (Phi) is 4.11. The van der Waals surface area contributed by atoms with Crippen LogP contribution in [0.1, 0.15) is 28.7 Å². The third kappa shape index (κ3) is 3.09. The highest BCUT2D eigenvalue weighted by Crippen LogP contribution is 2.21. The third-order valence-electron chi connectivity index (χ3n) is 3.87. The summed E-state index contributed by atoms with van der Waals surface area (Å²) in [6, 6.07) is 6.83. The van der Waals surface area contributed by atoms with Gasteiger partial charge in [0.1, 0.15) is 6.04 Å². The van der Waals surface area contributed by atoms with Crippen molar-refractivity contribution in [3.05, 3.63) is 51.9 Å². The van der Waals surface area contributed by atoms with Crippen LogP contribution in [0.5, 0.6) is 0 Å². The van der Waals surface area contributed by atoms with E-state index in [0.717, 1.165) is 33.5 Å². The van der Waals surface area contributed by atoms with Crippen molar-refractivity contribution in [2.75, 3.05) is 0 Å². The van der Waals surface area contributed by atoms with Crippen LogP contribution in [0.25, 0.3) is 10.9 Å². The molecule has 3 rings (SSSR count). The zero-order valence-electron chi connectivity index (χ0n) is 12.9. The molecule has 23 heavy (non-hydrogen) atoms. The van der Waals surface area contributed by atoms with Crippen molar-refractivity contribution in [1.29, 1.82) is 0 Å². The zero-order valence-corrected chi connectivity index (χ0v) is 13.7. The van der Waals surface area contributed by atoms with Crippen molar-refractivity contribution < 1.29 is 4.79 Å². The van der Waals surface area contributed by atoms with Gasteiger partial charge in [0.2, 0.25) is 5.91 Å². The highest BCUT2D eigenvalue weighted by Gasteiger charge is 2.21. The Hall–Kier alpha value is -2.31. The average molecular weight is 332 g/mol. The van der Waals surface area contributed by atoms with E-state index in [9.17, 15) is 4.79 Å². The quantitative estimate of drug-likeness (QED) is 0.591. The van der Waals surface area contributed by atoms with Crippen LogP contribution >= 0.6 is 11.6 Å². The van der Waals surface area contributed by atoms with Gasteiger partial charge < -0.3 is 16.0 Å². The van der Waals surface area contributed by atoms with Crippen molar-refractivity contribution >= 4 is 28.4 Å². The fourth-order valence-electron chi connectivity index (χ4n) is 2.70. The van der Waals surface area contributed by atoms with E-state index in [4.69, 9.17) is 17.3 Å². The number of carbonyl (C=O) groups excluding carboxylic acids is 1. The molecule has 0 spiro atoms. The molecule has 0 aliphatic rings. The smallest absolute Gasteiger partial charge is 0.241 e. The van der Waals surface area contributed by atoms with E-state index in [0.29, 0.717) is 11.6 Å². The van der Waals surface area contributed by atoms with Crippen molar-refractivity contribution in [2.24, 2.45) is 5.73 Å². The first-order chi connectivity index (χ1) is 11.0. The summed E-state index contributed by atoms with van der Waals surface area (Å²) in [4.78, 5) is 15.5. The molecule has 120 valence electrons. The van der Waals surface area contributed by atoms with E-state index in [-0.39, 0.29) is 5.91 Å². The van der Waals surface area contributed by atoms with Gasteiger partial charge in [-0.15, -0.1) is 0 Å². The maximum Gasteiger partial charge on any atom is 0.241 e. The lowest BCUT2D eigenvalue weighted by Gasteiger charge is -2.12. The molecule has 3 aromatic rings. The van der Waals surface area contributed by atoms with Gasteiger partial charge in [0.05, 0.1) is 12.2 Å². The van der Waals surface area contributed by atoms with Gasteiger partial charge in [-0.1, -0.05) is 11.6 Å². The highest BCUT2D eigenvalue weighted by atomic mass is 35.5. The van der Waals surface area contributed by atoms with Crippen LogP contribution in [0.2, 0.25) is 5.02 Å². The Bertz CT molecular complexity index is 847. The summed E-state index contributed by atoms with van der Waals surface area (Å²) in [5, 5.41) is 11.4. The fourth-order valence-corrected chi connectivity index (χ4v) is 2.88. The van der Waals surface area contributed by atoms with Crippen LogP contribution in [-0.4, -0.2) is 21.1 Å². The number of nitrogens with zero attached hydrogens (tertiary/aromatic N) is 1. The van der Waals surface area contributed by atoms with Crippen LogP contribution in [0.15, 0.2) is 24.3 Å². The Labute approximate surface area is 138 Å². The highest BCUT2D eigenvalue weighted by molar-refractivity contribution is 6.31. The Morgan fingerprint density at radius 1 is 1.39 bits per heavy atom. The molecule has 0 saturated carbocycles. The molecule has 0 radical (unpaired) electrons. The lowest BCUT2D eigenvalue weighted by Crippen LogP contribution is -2.34. The molecule has 1 aromatic carbocycles. The SMILES string of the molecule is Cc1n[nH]c(C)c1[C@H](N)C(=O)NCc1cc2cc(Cl)ccc2[nH]1. The van der Waals surface area contributed by atoms with Crippen LogP contribution in [0.3, 0.4) is 0 Å². The predicted molar refractivity (Wildman–Crippen MR) is 90.1 cm³/mol. The summed E-state index contributed by atoms with van der Waals surface area (Å²) in [7, 11) is 0. The molecule has 1 amide bonds. The minimum Gasteiger partial charge on any atom is -0.357 e. The molecule has 0 aliphatic carbocycles. The number of hydrogen-bond donors (Lipinski definition) is 4. The van der Waals surface area contributed by atoms with Crippen molar-refractivity contribution in [3.8, 4) is 0 Å². The summed E-state index contributed by atoms with van der Waals surface area (Å²) in [5.74, 6) is -0.241. The van der Waals surface area contributed by atoms with Crippen molar-refractivity contribution in [2.45, 2.75) is 26.4 Å². The number of aryl methyl sites for hydroxylation is 2. The second-order valence-corrected chi connectivity index (χ2v) is 6.01. The zero-order chi connectivity index (χ0) is 16.6. The molecule has 0 fully saturated rings. The van der Waals surface area contributed by atoms with Gasteiger partial charge in [-0.05, 0) is 38.1 Å². The number of hydrogen-bond acceptors (Lipinski definition) is 3. The average Bonchev–Trinajstić information content (AvgIpc) is 3.06. The van der Waals surface area contributed by atoms with Gasteiger partial charge in [-0.2, -0.15) is 5.10 Å². The van der Waals surface area contributed by atoms with Gasteiger partial charge in [-0.3, -0.25) is 9.89 Å². The lowest BCUT2D eigenvalue weighted by molar-refractivity contribution is -0.122. The number of halogens is 1. The molecule has 2 heterocycles. The minimum absolute atomic E-state index is 0.241. The number of aromatic nitrogens is 3. The molecular formula is C16H18ClN5O. The Morgan fingerprint density at radius 2 is 2.17 bits per heavy atom. The van der Waals surface area contributed by atoms with Gasteiger partial charge in [0, 0.05) is 32.9 Å². The summed E-state index contributed by atoms with van der Waals surface area (Å²) < 4.78 is 0. The fraction of sp³-hybridized carbons (Fsp3) is 0.250. The Morgan fingerprint density at radius 3 is 2.87 bits per heavy atom. The van der Waals surface area contributed by atoms with E-state index in [2.05, 4.69) is 20.5 Å². The maximum atomic E-state index is 12.3. The number of benzene rings is 1. The van der Waals surface area contributed by atoms with Gasteiger partial charge in [0.15, 0.2) is 0 Å². The standard InChI is InChI=1S/C16H18ClN5O/c1-8-14(9(2)22-21-8)15(18)16(23)19-7-12-6-10-5-11(17)3-4-13(10)20-12/h3-6,15,20H,7,18H2,1-2H3,(H,19,23)(H,21,22)/t15-/m0/s1. The van der Waals surface area contributed by atoms with Crippen LogP contribution in [-0.2, 0) is 11.3 Å². The van der Waals surface area contributed by atoms with E-state index in [1.807, 2.05) is 38.1 Å². The van der Waals surface area contributed by atoms with Crippen LogP contribution < -0.4 is 11.1 Å². The first kappa shape index (κ1) is 15.6. The molecule has 0 aliphatic heterocycles. The summed E-state index contributed by atoms with van der Waals surface area (Å²) in [5.41, 5.74) is 10.2. The maximum absolute atomic E-state index is 12.3. The normalized spacial score (nSPS) is 12.5. The second-order valence-electron chi connectivity index (χ2n) is 5.57. The molecule has 0 unspecified atom stereocenters. The molecular weight excluding hydrogens is 314 g/mol. The van der Waals surface area contributed by atoms with Crippen molar-refractivity contribution in [3.63, 3.8) is 0 Å². The predicted octanol–water partition coefficient (Wildman–Crippen LogP) is 2.48. The molecule has 0 saturated heterocycles. The summed E-state index contributed by atoms with van der Waals surface area (Å²) in [6.07, 6.45) is 0. The molecule has 6 nitrogen and oxygen atoms in total. The van der Waals surface area contributed by atoms with Gasteiger partial charge in [0.25, 0.3) is 0 Å². The number of aromatic amines is 2. The topological polar surface area (TPSA) is 99.6 Å². The lowest BCUT2D eigenvalue weighted by atomic mass is 10.1. The monoisotopic (exact) mass is 331 g/mol. The number of amides is 1. The molecule has 7 heteroatoms. The largest absolute Gasteiger partial charge is 0.357 e. The number of nitrogens with one attached hydrogen (secondary N) is 3. The molecule has 0 bridgehead atoms. The van der Waals surface area contributed by atoms with Crippen LogP contribution in [0, 0.1) is 13.8 Å². The third-order valence-corrected chi connectivity index (χ3v) is 4.11. The minimum atomic E-state index is -0.743. The summed E-state index contributed by atoms with van der Waals surface area (Å²) >= 11 is 5.97. The molecule has 5 N–H and O–H groups in total. The first-order valence-corrected chi connectivity index (χ1v) is 7.65. The van der Waals surface area contributed by atoms with E-state index in [1.165, 1.54) is 0 Å². The second kappa shape index (κ2) is 6.06. The number of H-pyrrole nitrogens is 2. The van der Waals surface area contributed by atoms with Gasteiger partial charge >= 0.3 is 0 Å². The number of rotatable bonds is 4. The number of carbonyl (C=O) groups is 1. The molecule has 2 aromatic heterocycles. The van der Waals surface area contributed by atoms with Crippen molar-refractivity contribution in [1.82, 2.24) is 20.5 Å². The molecule has 1 atom stereocenters. The van der Waals surface area contributed by atoms with E-state index >= 15 is 0 Å². The summed E-state index contributed by atoms with van der Waals surface area (Å²) in [6.45, 7) is 4.05. The first-order valence-electron chi connectivity index (χ1n) is 7.27. The Balaban J connectivity index is 1.70. The van der Waals surface area contributed by atoms with Gasteiger partial charge in [-0.25, -0.2) is 0 Å².